The van der Waals surface area contributed by atoms with Crippen LogP contribution < -0.4 is 4.74 Å². The van der Waals surface area contributed by atoms with Crippen LogP contribution in [0.2, 0.25) is 0 Å². The van der Waals surface area contributed by atoms with Gasteiger partial charge in [-0.25, -0.2) is 0 Å². The van der Waals surface area contributed by atoms with Crippen molar-refractivity contribution in [2.45, 2.75) is 39.8 Å². The monoisotopic (exact) mass is 334 g/mol. The van der Waals surface area contributed by atoms with Gasteiger partial charge in [-0.2, -0.15) is 0 Å². The molecule has 1 aromatic rings. The quantitative estimate of drug-likeness (QED) is 0.856. The van der Waals surface area contributed by atoms with E-state index in [-0.39, 0.29) is 23.7 Å². The van der Waals surface area contributed by atoms with Crippen LogP contribution in [0.15, 0.2) is 28.1 Å². The van der Waals surface area contributed by atoms with E-state index in [2.05, 4.69) is 4.99 Å². The van der Waals surface area contributed by atoms with Crippen LogP contribution in [0.5, 0.6) is 11.5 Å². The topological polar surface area (TPSA) is 62.1 Å². The molecule has 6 heteroatoms. The van der Waals surface area contributed by atoms with Gasteiger partial charge >= 0.3 is 0 Å². The van der Waals surface area contributed by atoms with Gasteiger partial charge in [0.15, 0.2) is 16.7 Å². The first kappa shape index (κ1) is 17.4. The lowest BCUT2D eigenvalue weighted by molar-refractivity contribution is -0.123. The summed E-state index contributed by atoms with van der Waals surface area (Å²) in [6.45, 7) is 7.91. The third kappa shape index (κ3) is 3.88. The highest BCUT2D eigenvalue weighted by Crippen LogP contribution is 2.35. The molecule has 1 aliphatic heterocycles. The number of thioether (sulfide) groups is 1. The molecule has 0 radical (unpaired) electrons. The zero-order valence-electron chi connectivity index (χ0n) is 14.0. The number of carbonyl (C=O) groups is 1. The van der Waals surface area contributed by atoms with Crippen molar-refractivity contribution >= 4 is 28.9 Å². The van der Waals surface area contributed by atoms with Crippen LogP contribution in [-0.2, 0) is 4.79 Å². The van der Waals surface area contributed by atoms with Gasteiger partial charge < -0.3 is 9.84 Å². The second kappa shape index (κ2) is 7.08. The number of phenolic OH excluding ortho intramolecular Hbond substituents is 1. The van der Waals surface area contributed by atoms with Gasteiger partial charge in [-0.05, 0) is 63.2 Å². The van der Waals surface area contributed by atoms with Crippen molar-refractivity contribution < 1.29 is 14.6 Å². The lowest BCUT2D eigenvalue weighted by Gasteiger charge is -2.20. The number of amidine groups is 1. The van der Waals surface area contributed by atoms with Crippen molar-refractivity contribution in [2.75, 3.05) is 7.11 Å². The molecule has 2 rings (SSSR count). The van der Waals surface area contributed by atoms with Crippen molar-refractivity contribution in [1.29, 1.82) is 0 Å². The first-order valence-electron chi connectivity index (χ1n) is 7.51. The Kier molecular flexibility index (Phi) is 5.36. The Labute approximate surface area is 141 Å². The van der Waals surface area contributed by atoms with E-state index in [9.17, 15) is 9.90 Å². The number of aromatic hydroxyl groups is 1. The minimum Gasteiger partial charge on any atom is -0.504 e. The maximum Gasteiger partial charge on any atom is 0.266 e. The van der Waals surface area contributed by atoms with Crippen molar-refractivity contribution in [2.24, 2.45) is 4.99 Å². The van der Waals surface area contributed by atoms with E-state index >= 15 is 0 Å². The molecule has 1 aliphatic rings. The van der Waals surface area contributed by atoms with Gasteiger partial charge in [-0.15, -0.1) is 0 Å². The second-order valence-corrected chi connectivity index (χ2v) is 6.83. The molecular weight excluding hydrogens is 312 g/mol. The highest BCUT2D eigenvalue weighted by Gasteiger charge is 2.35. The molecule has 124 valence electrons. The molecule has 0 saturated carbocycles. The number of hydrogen-bond acceptors (Lipinski definition) is 5. The van der Waals surface area contributed by atoms with E-state index in [1.54, 1.807) is 29.2 Å². The molecular formula is C17H22N2O3S. The highest BCUT2D eigenvalue weighted by atomic mass is 32.2. The van der Waals surface area contributed by atoms with Crippen LogP contribution in [0, 0.1) is 0 Å². The van der Waals surface area contributed by atoms with Crippen LogP contribution >= 0.6 is 11.8 Å². The lowest BCUT2D eigenvalue weighted by Crippen LogP contribution is -2.35. The van der Waals surface area contributed by atoms with Crippen molar-refractivity contribution in [3.63, 3.8) is 0 Å². The van der Waals surface area contributed by atoms with Crippen LogP contribution in [0.4, 0.5) is 0 Å². The SMILES string of the molecule is COc1ccc(/C=C2/SC(=NC(C)C)N(C(C)C)C2=O)cc1O. The summed E-state index contributed by atoms with van der Waals surface area (Å²) in [6.07, 6.45) is 1.77. The number of carbonyl (C=O) groups excluding carboxylic acids is 1. The number of ether oxygens (including phenoxy) is 1. The fourth-order valence-electron chi connectivity index (χ4n) is 2.20. The van der Waals surface area contributed by atoms with E-state index in [0.717, 1.165) is 10.7 Å². The van der Waals surface area contributed by atoms with Crippen molar-refractivity contribution in [3.8, 4) is 11.5 Å². The summed E-state index contributed by atoms with van der Waals surface area (Å²) < 4.78 is 5.03. The summed E-state index contributed by atoms with van der Waals surface area (Å²) in [4.78, 5) is 19.5. The molecule has 1 aromatic carbocycles. The zero-order valence-corrected chi connectivity index (χ0v) is 14.8. The first-order chi connectivity index (χ1) is 10.8. The summed E-state index contributed by atoms with van der Waals surface area (Å²) in [5, 5.41) is 10.6. The number of aliphatic imine (C=N–C) groups is 1. The minimum absolute atomic E-state index is 0.0441. The number of rotatable bonds is 4. The van der Waals surface area contributed by atoms with Gasteiger partial charge in [-0.3, -0.25) is 14.7 Å². The summed E-state index contributed by atoms with van der Waals surface area (Å²) in [5.41, 5.74) is 0.744. The molecule has 1 fully saturated rings. The van der Waals surface area contributed by atoms with Gasteiger partial charge in [0, 0.05) is 12.1 Å². The Morgan fingerprint density at radius 3 is 2.52 bits per heavy atom. The molecule has 23 heavy (non-hydrogen) atoms. The Bertz CT molecular complexity index is 666. The van der Waals surface area contributed by atoms with Gasteiger partial charge in [0.25, 0.3) is 5.91 Å². The largest absolute Gasteiger partial charge is 0.504 e. The summed E-state index contributed by atoms with van der Waals surface area (Å²) >= 11 is 1.37. The number of methoxy groups -OCH3 is 1. The Morgan fingerprint density at radius 1 is 1.30 bits per heavy atom. The fraction of sp³-hybridized carbons (Fsp3) is 0.412. The number of phenols is 1. The van der Waals surface area contributed by atoms with E-state index in [1.807, 2.05) is 27.7 Å². The zero-order chi connectivity index (χ0) is 17.1. The van der Waals surface area contributed by atoms with Crippen molar-refractivity contribution in [1.82, 2.24) is 4.90 Å². The van der Waals surface area contributed by atoms with Crippen molar-refractivity contribution in [3.05, 3.63) is 28.7 Å². The van der Waals surface area contributed by atoms with E-state index in [1.165, 1.54) is 18.9 Å². The summed E-state index contributed by atoms with van der Waals surface area (Å²) in [6, 6.07) is 5.22. The number of amides is 1. The second-order valence-electron chi connectivity index (χ2n) is 5.82. The molecule has 1 saturated heterocycles. The molecule has 5 nitrogen and oxygen atoms in total. The molecule has 0 aromatic heterocycles. The fourth-order valence-corrected chi connectivity index (χ4v) is 3.43. The Balaban J connectivity index is 2.36. The highest BCUT2D eigenvalue weighted by molar-refractivity contribution is 8.18. The molecule has 0 spiro atoms. The van der Waals surface area contributed by atoms with Gasteiger partial charge in [0.05, 0.1) is 12.0 Å². The molecule has 0 aliphatic carbocycles. The number of benzene rings is 1. The predicted molar refractivity (Wildman–Crippen MR) is 94.8 cm³/mol. The maximum absolute atomic E-state index is 12.6. The van der Waals surface area contributed by atoms with Crippen LogP contribution in [0.3, 0.4) is 0 Å². The molecule has 0 atom stereocenters. The third-order valence-electron chi connectivity index (χ3n) is 3.22. The summed E-state index contributed by atoms with van der Waals surface area (Å²) in [7, 11) is 1.50. The van der Waals surface area contributed by atoms with E-state index in [0.29, 0.717) is 10.7 Å². The molecule has 0 bridgehead atoms. The average molecular weight is 334 g/mol. The van der Waals surface area contributed by atoms with Crippen LogP contribution in [0.1, 0.15) is 33.3 Å². The standard InChI is InChI=1S/C17H22N2O3S/c1-10(2)18-17-19(11(3)4)16(21)15(23-17)9-12-6-7-14(22-5)13(20)8-12/h6-11,20H,1-5H3/b15-9+,18-17?. The van der Waals surface area contributed by atoms with Crippen LogP contribution in [0.25, 0.3) is 6.08 Å². The third-order valence-corrected chi connectivity index (χ3v) is 4.22. The maximum atomic E-state index is 12.6. The van der Waals surface area contributed by atoms with E-state index in [4.69, 9.17) is 4.74 Å². The summed E-state index contributed by atoms with van der Waals surface area (Å²) in [5.74, 6) is 0.400. The first-order valence-corrected chi connectivity index (χ1v) is 8.33. The smallest absolute Gasteiger partial charge is 0.266 e. The lowest BCUT2D eigenvalue weighted by atomic mass is 10.2. The van der Waals surface area contributed by atoms with Gasteiger partial charge in [-0.1, -0.05) is 6.07 Å². The van der Waals surface area contributed by atoms with Crippen LogP contribution in [-0.4, -0.2) is 40.3 Å². The minimum atomic E-state index is -0.0558. The predicted octanol–water partition coefficient (Wildman–Crippen LogP) is 3.49. The van der Waals surface area contributed by atoms with Gasteiger partial charge in [0.2, 0.25) is 0 Å². The molecule has 1 N–H and O–H groups in total. The number of nitrogens with zero attached hydrogens (tertiary/aromatic N) is 2. The number of hydrogen-bond donors (Lipinski definition) is 1. The normalized spacial score (nSPS) is 18.7. The average Bonchev–Trinajstić information content (AvgIpc) is 2.74. The van der Waals surface area contributed by atoms with Gasteiger partial charge in [0.1, 0.15) is 0 Å². The molecule has 1 amide bonds. The van der Waals surface area contributed by atoms with E-state index < -0.39 is 0 Å². The Hall–Kier alpha value is -1.95. The molecule has 0 unspecified atom stereocenters. The molecule has 1 heterocycles. The Morgan fingerprint density at radius 2 is 2.00 bits per heavy atom.